The fraction of sp³-hybridized carbons (Fsp3) is 0.273. The van der Waals surface area contributed by atoms with Crippen LogP contribution in [0.15, 0.2) is 24.3 Å². The molecule has 0 saturated carbocycles. The Morgan fingerprint density at radius 2 is 2.12 bits per heavy atom. The maximum atomic E-state index is 11.8. The minimum atomic E-state index is -0.788. The van der Waals surface area contributed by atoms with Crippen LogP contribution in [0.1, 0.15) is 12.5 Å². The maximum absolute atomic E-state index is 11.8. The Kier molecular flexibility index (Phi) is 2.62. The minimum absolute atomic E-state index is 0.0119. The highest BCUT2D eigenvalue weighted by Gasteiger charge is 2.33. The molecule has 5 heteroatoms. The number of nitrogens with zero attached hydrogens (tertiary/aromatic N) is 1. The largest absolute Gasteiger partial charge is 0.323 e. The molecule has 0 saturated heterocycles. The van der Waals surface area contributed by atoms with Gasteiger partial charge in [0.2, 0.25) is 0 Å². The van der Waals surface area contributed by atoms with Gasteiger partial charge in [0.25, 0.3) is 0 Å². The summed E-state index contributed by atoms with van der Waals surface area (Å²) in [4.78, 5) is 24.5. The molecular weight excluding hydrogens is 206 g/mol. The molecule has 84 valence electrons. The van der Waals surface area contributed by atoms with Crippen LogP contribution in [0.3, 0.4) is 0 Å². The number of benzene rings is 1. The van der Waals surface area contributed by atoms with Crippen molar-refractivity contribution in [3.63, 3.8) is 0 Å². The van der Waals surface area contributed by atoms with Crippen molar-refractivity contribution in [2.24, 2.45) is 5.84 Å². The molecule has 0 radical (unpaired) electrons. The smallest absolute Gasteiger partial charge is 0.301 e. The summed E-state index contributed by atoms with van der Waals surface area (Å²) < 4.78 is 0. The number of para-hydroxylation sites is 1. The summed E-state index contributed by atoms with van der Waals surface area (Å²) in [5.74, 6) is 3.56. The van der Waals surface area contributed by atoms with Crippen LogP contribution in [0, 0.1) is 0 Å². The average molecular weight is 219 g/mol. The van der Waals surface area contributed by atoms with E-state index in [-0.39, 0.29) is 6.04 Å². The van der Waals surface area contributed by atoms with Gasteiger partial charge in [-0.25, -0.2) is 5.84 Å². The Labute approximate surface area is 93.2 Å². The number of rotatable bonds is 0. The Balaban J connectivity index is 2.36. The number of nitrogens with one attached hydrogen (secondary N) is 1. The van der Waals surface area contributed by atoms with E-state index in [0.717, 1.165) is 17.7 Å². The van der Waals surface area contributed by atoms with Crippen molar-refractivity contribution in [3.05, 3.63) is 29.8 Å². The summed E-state index contributed by atoms with van der Waals surface area (Å²) in [5.41, 5.74) is 3.73. The first kappa shape index (κ1) is 10.6. The predicted octanol–water partition coefficient (Wildman–Crippen LogP) is -0.0459. The molecular formula is C11H13N3O2. The predicted molar refractivity (Wildman–Crippen MR) is 59.4 cm³/mol. The molecule has 1 aromatic carbocycles. The first-order valence-electron chi connectivity index (χ1n) is 5.07. The highest BCUT2D eigenvalue weighted by atomic mass is 16.2. The van der Waals surface area contributed by atoms with Crippen molar-refractivity contribution in [1.82, 2.24) is 5.43 Å². The molecule has 0 aliphatic carbocycles. The topological polar surface area (TPSA) is 75.4 Å². The molecule has 0 spiro atoms. The van der Waals surface area contributed by atoms with Gasteiger partial charge in [-0.15, -0.1) is 0 Å². The lowest BCUT2D eigenvalue weighted by Gasteiger charge is -2.21. The Hall–Kier alpha value is -1.88. The Morgan fingerprint density at radius 1 is 1.44 bits per heavy atom. The van der Waals surface area contributed by atoms with E-state index in [1.165, 1.54) is 4.90 Å². The lowest BCUT2D eigenvalue weighted by Crippen LogP contribution is -2.47. The van der Waals surface area contributed by atoms with E-state index in [2.05, 4.69) is 0 Å². The fourth-order valence-corrected chi connectivity index (χ4v) is 2.05. The third-order valence-electron chi connectivity index (χ3n) is 2.75. The van der Waals surface area contributed by atoms with Crippen LogP contribution in [0.25, 0.3) is 0 Å². The number of fused-ring (bicyclic) bond motifs is 1. The molecule has 16 heavy (non-hydrogen) atoms. The van der Waals surface area contributed by atoms with Crippen molar-refractivity contribution in [2.75, 3.05) is 4.90 Å². The second-order valence-corrected chi connectivity index (χ2v) is 3.83. The van der Waals surface area contributed by atoms with Crippen molar-refractivity contribution in [2.45, 2.75) is 19.4 Å². The summed E-state index contributed by atoms with van der Waals surface area (Å²) in [6, 6.07) is 7.54. The molecule has 0 aromatic heterocycles. The third-order valence-corrected chi connectivity index (χ3v) is 2.75. The number of carbonyl (C=O) groups excluding carboxylic acids is 2. The quantitative estimate of drug-likeness (QED) is 0.278. The monoisotopic (exact) mass is 219 g/mol. The molecule has 5 nitrogen and oxygen atoms in total. The zero-order chi connectivity index (χ0) is 11.7. The number of hydrogen-bond acceptors (Lipinski definition) is 3. The van der Waals surface area contributed by atoms with Gasteiger partial charge >= 0.3 is 11.8 Å². The van der Waals surface area contributed by atoms with E-state index in [1.807, 2.05) is 36.6 Å². The molecule has 1 aromatic rings. The molecule has 2 rings (SSSR count). The second kappa shape index (κ2) is 3.94. The van der Waals surface area contributed by atoms with E-state index >= 15 is 0 Å². The molecule has 1 aliphatic rings. The third kappa shape index (κ3) is 1.55. The first-order chi connectivity index (χ1) is 7.65. The first-order valence-corrected chi connectivity index (χ1v) is 5.07. The number of nitrogens with two attached hydrogens (primary N) is 1. The molecule has 2 amide bonds. The molecule has 0 bridgehead atoms. The number of hydrogen-bond donors (Lipinski definition) is 2. The van der Waals surface area contributed by atoms with E-state index in [1.54, 1.807) is 0 Å². The molecule has 1 aliphatic heterocycles. The normalized spacial score (nSPS) is 18.1. The van der Waals surface area contributed by atoms with Gasteiger partial charge in [0.15, 0.2) is 0 Å². The minimum Gasteiger partial charge on any atom is -0.301 e. The van der Waals surface area contributed by atoms with Gasteiger partial charge in [-0.2, -0.15) is 0 Å². The fourth-order valence-electron chi connectivity index (χ4n) is 2.05. The molecule has 1 heterocycles. The second-order valence-electron chi connectivity index (χ2n) is 3.83. The lowest BCUT2D eigenvalue weighted by molar-refractivity contribution is -0.137. The molecule has 0 fully saturated rings. The summed E-state index contributed by atoms with van der Waals surface area (Å²) in [7, 11) is 0. The summed E-state index contributed by atoms with van der Waals surface area (Å²) >= 11 is 0. The SMILES string of the molecule is CC1Cc2ccccc2N1C(=O)C(=O)NN. The highest BCUT2D eigenvalue weighted by Crippen LogP contribution is 2.31. The van der Waals surface area contributed by atoms with E-state index < -0.39 is 11.8 Å². The number of carbonyl (C=O) groups is 2. The summed E-state index contributed by atoms with van der Waals surface area (Å²) in [6.07, 6.45) is 0.764. The molecule has 1 unspecified atom stereocenters. The summed E-state index contributed by atoms with van der Waals surface area (Å²) in [5, 5.41) is 0. The maximum Gasteiger partial charge on any atom is 0.323 e. The van der Waals surface area contributed by atoms with Gasteiger partial charge in [0.1, 0.15) is 0 Å². The van der Waals surface area contributed by atoms with Gasteiger partial charge in [-0.05, 0) is 25.0 Å². The Bertz CT molecular complexity index is 445. The van der Waals surface area contributed by atoms with Crippen LogP contribution in [0.4, 0.5) is 5.69 Å². The van der Waals surface area contributed by atoms with Crippen LogP contribution >= 0.6 is 0 Å². The van der Waals surface area contributed by atoms with Crippen molar-refractivity contribution in [1.29, 1.82) is 0 Å². The van der Waals surface area contributed by atoms with Gasteiger partial charge in [0.05, 0.1) is 0 Å². The van der Waals surface area contributed by atoms with Crippen molar-refractivity contribution in [3.8, 4) is 0 Å². The van der Waals surface area contributed by atoms with Gasteiger partial charge in [-0.1, -0.05) is 18.2 Å². The Morgan fingerprint density at radius 3 is 2.81 bits per heavy atom. The van der Waals surface area contributed by atoms with Crippen LogP contribution < -0.4 is 16.2 Å². The van der Waals surface area contributed by atoms with Crippen LogP contribution in [-0.2, 0) is 16.0 Å². The number of hydrazine groups is 1. The van der Waals surface area contributed by atoms with Gasteiger partial charge in [-0.3, -0.25) is 15.0 Å². The average Bonchev–Trinajstić information content (AvgIpc) is 2.63. The lowest BCUT2D eigenvalue weighted by atomic mass is 10.1. The standard InChI is InChI=1S/C11H13N3O2/c1-7-6-8-4-2-3-5-9(8)14(7)11(16)10(15)13-12/h2-5,7H,6,12H2,1H3,(H,13,15). The number of amides is 2. The van der Waals surface area contributed by atoms with E-state index in [9.17, 15) is 9.59 Å². The highest BCUT2D eigenvalue weighted by molar-refractivity contribution is 6.40. The zero-order valence-electron chi connectivity index (χ0n) is 8.93. The molecule has 1 atom stereocenters. The number of anilines is 1. The van der Waals surface area contributed by atoms with Crippen molar-refractivity contribution >= 4 is 17.5 Å². The van der Waals surface area contributed by atoms with Crippen LogP contribution in [0.5, 0.6) is 0 Å². The van der Waals surface area contributed by atoms with Crippen LogP contribution in [-0.4, -0.2) is 17.9 Å². The molecule has 3 N–H and O–H groups in total. The van der Waals surface area contributed by atoms with E-state index in [0.29, 0.717) is 0 Å². The van der Waals surface area contributed by atoms with Crippen molar-refractivity contribution < 1.29 is 9.59 Å². The van der Waals surface area contributed by atoms with Gasteiger partial charge in [0, 0.05) is 11.7 Å². The van der Waals surface area contributed by atoms with Crippen LogP contribution in [0.2, 0.25) is 0 Å². The van der Waals surface area contributed by atoms with Gasteiger partial charge < -0.3 is 4.90 Å². The van der Waals surface area contributed by atoms with E-state index in [4.69, 9.17) is 5.84 Å². The zero-order valence-corrected chi connectivity index (χ0v) is 8.93. The summed E-state index contributed by atoms with van der Waals surface area (Å²) in [6.45, 7) is 1.90.